The minimum Gasteiger partial charge on any atom is -0.298 e. The number of nitrogens with zero attached hydrogens (tertiary/aromatic N) is 1. The maximum atomic E-state index is 12.8. The maximum Gasteiger partial charge on any atom is 0.188 e. The van der Waals surface area contributed by atoms with Crippen LogP contribution in [0.3, 0.4) is 0 Å². The van der Waals surface area contributed by atoms with E-state index in [9.17, 15) is 13.2 Å². The lowest BCUT2D eigenvalue weighted by Gasteiger charge is -2.16. The molecule has 5 heteroatoms. The first kappa shape index (κ1) is 19.6. The topological polar surface area (TPSA) is 63.6 Å². The van der Waals surface area contributed by atoms with Crippen LogP contribution in [-0.2, 0) is 14.6 Å². The van der Waals surface area contributed by atoms with E-state index in [4.69, 9.17) is 0 Å². The highest BCUT2D eigenvalue weighted by atomic mass is 32.2. The Kier molecular flexibility index (Phi) is 7.12. The zero-order chi connectivity index (χ0) is 18.3. The lowest BCUT2D eigenvalue weighted by Crippen LogP contribution is -2.32. The summed E-state index contributed by atoms with van der Waals surface area (Å²) in [5.74, 6) is -0.255. The van der Waals surface area contributed by atoms with E-state index in [1.54, 1.807) is 18.2 Å². The van der Waals surface area contributed by atoms with Gasteiger partial charge in [0.2, 0.25) is 0 Å². The molecule has 1 aromatic carbocycles. The van der Waals surface area contributed by atoms with Crippen molar-refractivity contribution in [2.24, 2.45) is 4.99 Å². The van der Waals surface area contributed by atoms with Crippen molar-refractivity contribution in [1.82, 2.24) is 0 Å². The van der Waals surface area contributed by atoms with E-state index in [2.05, 4.69) is 18.5 Å². The molecule has 1 aliphatic heterocycles. The third-order valence-corrected chi connectivity index (χ3v) is 6.71. The number of carbonyl (C=O) groups excluding carboxylic acids is 1. The summed E-state index contributed by atoms with van der Waals surface area (Å²) < 4.78 is 25.7. The summed E-state index contributed by atoms with van der Waals surface area (Å²) in [6, 6.07) is 8.10. The van der Waals surface area contributed by atoms with Gasteiger partial charge in [0.1, 0.15) is 5.25 Å². The van der Waals surface area contributed by atoms with Crippen LogP contribution < -0.4 is 0 Å². The van der Waals surface area contributed by atoms with Gasteiger partial charge >= 0.3 is 0 Å². The lowest BCUT2D eigenvalue weighted by atomic mass is 10.0. The number of hydrogen-bond donors (Lipinski definition) is 0. The Labute approximate surface area is 151 Å². The molecular weight excluding hydrogens is 334 g/mol. The fourth-order valence-electron chi connectivity index (χ4n) is 3.16. The summed E-state index contributed by atoms with van der Waals surface area (Å²) in [4.78, 5) is 17.6. The van der Waals surface area contributed by atoms with Gasteiger partial charge in [0.15, 0.2) is 15.6 Å². The van der Waals surface area contributed by atoms with E-state index >= 15 is 0 Å². The van der Waals surface area contributed by atoms with Gasteiger partial charge in [-0.3, -0.25) is 9.79 Å². The van der Waals surface area contributed by atoms with Gasteiger partial charge < -0.3 is 0 Å². The quantitative estimate of drug-likeness (QED) is 0.588. The van der Waals surface area contributed by atoms with E-state index in [-0.39, 0.29) is 29.6 Å². The molecule has 0 amide bonds. The summed E-state index contributed by atoms with van der Waals surface area (Å²) in [5, 5.41) is -1.07. The third kappa shape index (κ3) is 5.11. The van der Waals surface area contributed by atoms with Crippen molar-refractivity contribution in [1.29, 1.82) is 0 Å². The molecule has 0 bridgehead atoms. The number of allylic oxidation sites excluding steroid dienone is 1. The molecule has 0 fully saturated rings. The van der Waals surface area contributed by atoms with Crippen molar-refractivity contribution < 1.29 is 13.2 Å². The lowest BCUT2D eigenvalue weighted by molar-refractivity contribution is -0.118. The minimum atomic E-state index is -3.70. The number of hydrogen-bond acceptors (Lipinski definition) is 4. The molecule has 136 valence electrons. The van der Waals surface area contributed by atoms with Crippen molar-refractivity contribution in [3.05, 3.63) is 43.0 Å². The maximum absolute atomic E-state index is 12.8. The Morgan fingerprint density at radius 1 is 1.36 bits per heavy atom. The minimum absolute atomic E-state index is 0.0716. The SMILES string of the molecule is C=CCC(C(=O)CC1CCC(CCCC)=N1)S(=O)(=O)c1ccccc1. The highest BCUT2D eigenvalue weighted by molar-refractivity contribution is 7.92. The van der Waals surface area contributed by atoms with E-state index in [1.807, 2.05) is 0 Å². The molecule has 2 atom stereocenters. The monoisotopic (exact) mass is 361 g/mol. The summed E-state index contributed by atoms with van der Waals surface area (Å²) in [6.07, 6.45) is 6.83. The molecule has 25 heavy (non-hydrogen) atoms. The van der Waals surface area contributed by atoms with Crippen LogP contribution in [-0.4, -0.2) is 31.2 Å². The van der Waals surface area contributed by atoms with Crippen LogP contribution in [0.1, 0.15) is 51.9 Å². The fraction of sp³-hybridized carbons (Fsp3) is 0.500. The van der Waals surface area contributed by atoms with Gasteiger partial charge in [-0.05, 0) is 44.2 Å². The summed E-state index contributed by atoms with van der Waals surface area (Å²) in [5.41, 5.74) is 1.17. The summed E-state index contributed by atoms with van der Waals surface area (Å²) in [7, 11) is -3.70. The Morgan fingerprint density at radius 3 is 2.72 bits per heavy atom. The Balaban J connectivity index is 2.11. The molecule has 0 saturated carbocycles. The second-order valence-electron chi connectivity index (χ2n) is 6.53. The Hall–Kier alpha value is -1.75. The van der Waals surface area contributed by atoms with Crippen LogP contribution in [0.2, 0.25) is 0 Å². The molecule has 0 aliphatic carbocycles. The molecule has 2 rings (SSSR count). The van der Waals surface area contributed by atoms with Gasteiger partial charge in [-0.1, -0.05) is 37.6 Å². The number of ketones is 1. The van der Waals surface area contributed by atoms with Crippen LogP contribution in [0.5, 0.6) is 0 Å². The Bertz CT molecular complexity index is 723. The van der Waals surface area contributed by atoms with Crippen molar-refractivity contribution in [3.63, 3.8) is 0 Å². The van der Waals surface area contributed by atoms with Crippen LogP contribution in [0.15, 0.2) is 52.9 Å². The molecule has 1 heterocycles. The number of aliphatic imine (C=N–C) groups is 1. The molecular formula is C20H27NO3S. The van der Waals surface area contributed by atoms with Gasteiger partial charge in [0, 0.05) is 12.1 Å². The third-order valence-electron chi connectivity index (χ3n) is 4.57. The Morgan fingerprint density at radius 2 is 2.08 bits per heavy atom. The molecule has 1 aromatic rings. The predicted molar refractivity (Wildman–Crippen MR) is 102 cm³/mol. The highest BCUT2D eigenvalue weighted by Gasteiger charge is 2.34. The van der Waals surface area contributed by atoms with Crippen LogP contribution in [0, 0.1) is 0 Å². The van der Waals surface area contributed by atoms with Crippen LogP contribution in [0.25, 0.3) is 0 Å². The van der Waals surface area contributed by atoms with Gasteiger partial charge in [0.25, 0.3) is 0 Å². The molecule has 1 aliphatic rings. The molecule has 4 nitrogen and oxygen atoms in total. The smallest absolute Gasteiger partial charge is 0.188 e. The first-order chi connectivity index (χ1) is 12.0. The van der Waals surface area contributed by atoms with Crippen molar-refractivity contribution >= 4 is 21.3 Å². The summed E-state index contributed by atoms with van der Waals surface area (Å²) in [6.45, 7) is 5.77. The van der Waals surface area contributed by atoms with Gasteiger partial charge in [-0.2, -0.15) is 0 Å². The van der Waals surface area contributed by atoms with Gasteiger partial charge in [-0.25, -0.2) is 8.42 Å². The standard InChI is InChI=1S/C20H27NO3S/c1-3-5-10-16-13-14-17(21-16)15-19(22)20(9-4-2)25(23,24)18-11-7-6-8-12-18/h4,6-8,11-12,17,20H,2-3,5,9-10,13-15H2,1H3. The van der Waals surface area contributed by atoms with Gasteiger partial charge in [0.05, 0.1) is 10.9 Å². The number of unbranched alkanes of at least 4 members (excludes halogenated alkanes) is 1. The fourth-order valence-corrected chi connectivity index (χ4v) is 4.86. The number of sulfone groups is 1. The number of benzene rings is 1. The average molecular weight is 362 g/mol. The van der Waals surface area contributed by atoms with E-state index < -0.39 is 15.1 Å². The van der Waals surface area contributed by atoms with Gasteiger partial charge in [-0.15, -0.1) is 6.58 Å². The average Bonchev–Trinajstić information content (AvgIpc) is 3.05. The highest BCUT2D eigenvalue weighted by Crippen LogP contribution is 2.25. The van der Waals surface area contributed by atoms with Crippen molar-refractivity contribution in [3.8, 4) is 0 Å². The van der Waals surface area contributed by atoms with E-state index in [0.717, 1.165) is 32.1 Å². The second kappa shape index (κ2) is 9.09. The van der Waals surface area contributed by atoms with Crippen molar-refractivity contribution in [2.45, 2.75) is 68.1 Å². The first-order valence-electron chi connectivity index (χ1n) is 8.97. The largest absolute Gasteiger partial charge is 0.298 e. The van der Waals surface area contributed by atoms with Crippen LogP contribution in [0.4, 0.5) is 0 Å². The van der Waals surface area contributed by atoms with E-state index in [1.165, 1.54) is 23.9 Å². The molecule has 0 N–H and O–H groups in total. The molecule has 0 saturated heterocycles. The molecule has 0 spiro atoms. The van der Waals surface area contributed by atoms with Crippen molar-refractivity contribution in [2.75, 3.05) is 0 Å². The molecule has 0 aromatic heterocycles. The second-order valence-corrected chi connectivity index (χ2v) is 8.66. The molecule has 0 radical (unpaired) electrons. The number of carbonyl (C=O) groups is 1. The number of Topliss-reactive ketones (excluding diaryl/α,β-unsaturated/α-hetero) is 1. The molecule has 2 unspecified atom stereocenters. The predicted octanol–water partition coefficient (Wildman–Crippen LogP) is 4.16. The van der Waals surface area contributed by atoms with E-state index in [0.29, 0.717) is 0 Å². The zero-order valence-electron chi connectivity index (χ0n) is 14.9. The van der Waals surface area contributed by atoms with Crippen LogP contribution >= 0.6 is 0 Å². The summed E-state index contributed by atoms with van der Waals surface area (Å²) >= 11 is 0. The zero-order valence-corrected chi connectivity index (χ0v) is 15.7. The first-order valence-corrected chi connectivity index (χ1v) is 10.5. The normalized spacial score (nSPS) is 18.6. The number of rotatable bonds is 10.